The second-order valence-corrected chi connectivity index (χ2v) is 4.94. The Balaban J connectivity index is 2.23. The molecule has 1 aromatic carbocycles. The second-order valence-electron chi connectivity index (χ2n) is 4.94. The third-order valence-electron chi connectivity index (χ3n) is 2.90. The van der Waals surface area contributed by atoms with E-state index in [1.807, 2.05) is 6.07 Å². The smallest absolute Gasteiger partial charge is 0.129 e. The van der Waals surface area contributed by atoms with Crippen molar-refractivity contribution in [3.05, 3.63) is 35.1 Å². The highest BCUT2D eigenvalue weighted by Gasteiger charge is 2.43. The molecule has 0 unspecified atom stereocenters. The summed E-state index contributed by atoms with van der Waals surface area (Å²) < 4.78 is 13.7. The first-order chi connectivity index (χ1) is 7.01. The summed E-state index contributed by atoms with van der Waals surface area (Å²) in [6.45, 7) is 4.22. The van der Waals surface area contributed by atoms with E-state index in [1.165, 1.54) is 0 Å². The van der Waals surface area contributed by atoms with Crippen LogP contribution in [0.4, 0.5) is 4.39 Å². The van der Waals surface area contributed by atoms with Crippen LogP contribution < -0.4 is 0 Å². The Morgan fingerprint density at radius 1 is 1.40 bits per heavy atom. The number of hydrogen-bond donors (Lipinski definition) is 1. The van der Waals surface area contributed by atoms with Gasteiger partial charge >= 0.3 is 0 Å². The van der Waals surface area contributed by atoms with Crippen LogP contribution in [-0.4, -0.2) is 5.11 Å². The Morgan fingerprint density at radius 3 is 2.53 bits per heavy atom. The first-order valence-electron chi connectivity index (χ1n) is 5.52. The Kier molecular flexibility index (Phi) is 2.55. The van der Waals surface area contributed by atoms with Crippen LogP contribution in [0.3, 0.4) is 0 Å². The van der Waals surface area contributed by atoms with Crippen molar-refractivity contribution in [2.45, 2.75) is 38.7 Å². The standard InChI is InChI=1S/C13H17FO/c1-9(2)7-10-3-4-11(12(14)8-10)13(15)5-6-13/h3-4,8-9,15H,5-7H2,1-2H3. The molecule has 1 aliphatic rings. The van der Waals surface area contributed by atoms with Crippen molar-refractivity contribution < 1.29 is 9.50 Å². The van der Waals surface area contributed by atoms with E-state index >= 15 is 0 Å². The molecule has 1 aliphatic carbocycles. The van der Waals surface area contributed by atoms with E-state index in [4.69, 9.17) is 0 Å². The van der Waals surface area contributed by atoms with Crippen molar-refractivity contribution in [1.82, 2.24) is 0 Å². The molecule has 1 fully saturated rings. The van der Waals surface area contributed by atoms with Gasteiger partial charge in [0.1, 0.15) is 5.82 Å². The largest absolute Gasteiger partial charge is 0.385 e. The Morgan fingerprint density at radius 2 is 2.07 bits per heavy atom. The molecular formula is C13H17FO. The zero-order valence-electron chi connectivity index (χ0n) is 9.26. The Hall–Kier alpha value is -0.890. The summed E-state index contributed by atoms with van der Waals surface area (Å²) in [5, 5.41) is 9.81. The van der Waals surface area contributed by atoms with Gasteiger partial charge in [-0.2, -0.15) is 0 Å². The van der Waals surface area contributed by atoms with Crippen LogP contribution >= 0.6 is 0 Å². The zero-order chi connectivity index (χ0) is 11.1. The predicted molar refractivity (Wildman–Crippen MR) is 58.1 cm³/mol. The molecule has 15 heavy (non-hydrogen) atoms. The molecule has 0 aliphatic heterocycles. The molecule has 0 heterocycles. The molecular weight excluding hydrogens is 191 g/mol. The lowest BCUT2D eigenvalue weighted by Crippen LogP contribution is -2.08. The van der Waals surface area contributed by atoms with Crippen LogP contribution in [0, 0.1) is 11.7 Å². The minimum Gasteiger partial charge on any atom is -0.385 e. The predicted octanol–water partition coefficient (Wildman–Crippen LogP) is 3.01. The SMILES string of the molecule is CC(C)Cc1ccc(C2(O)CC2)c(F)c1. The number of halogens is 1. The molecule has 2 rings (SSSR count). The van der Waals surface area contributed by atoms with Gasteiger partial charge in [0.15, 0.2) is 0 Å². The van der Waals surface area contributed by atoms with E-state index in [0.717, 1.165) is 12.0 Å². The summed E-state index contributed by atoms with van der Waals surface area (Å²) in [5.41, 5.74) is 0.617. The summed E-state index contributed by atoms with van der Waals surface area (Å²) in [6.07, 6.45) is 2.26. The third kappa shape index (κ3) is 2.20. The van der Waals surface area contributed by atoms with Crippen LogP contribution in [0.15, 0.2) is 18.2 Å². The Bertz CT molecular complexity index is 367. The van der Waals surface area contributed by atoms with Gasteiger partial charge < -0.3 is 5.11 Å². The molecule has 0 atom stereocenters. The van der Waals surface area contributed by atoms with E-state index in [2.05, 4.69) is 13.8 Å². The third-order valence-corrected chi connectivity index (χ3v) is 2.90. The lowest BCUT2D eigenvalue weighted by Gasteiger charge is -2.11. The summed E-state index contributed by atoms with van der Waals surface area (Å²) >= 11 is 0. The minimum absolute atomic E-state index is 0.256. The first kappa shape index (κ1) is 10.6. The summed E-state index contributed by atoms with van der Waals surface area (Å²) in [4.78, 5) is 0. The fourth-order valence-electron chi connectivity index (χ4n) is 1.92. The van der Waals surface area contributed by atoms with E-state index in [0.29, 0.717) is 24.3 Å². The van der Waals surface area contributed by atoms with Crippen LogP contribution in [-0.2, 0) is 12.0 Å². The average Bonchev–Trinajstić information content (AvgIpc) is 2.83. The topological polar surface area (TPSA) is 20.2 Å². The van der Waals surface area contributed by atoms with Gasteiger partial charge in [-0.25, -0.2) is 4.39 Å². The van der Waals surface area contributed by atoms with Gasteiger partial charge in [0.05, 0.1) is 5.60 Å². The molecule has 0 radical (unpaired) electrons. The zero-order valence-corrected chi connectivity index (χ0v) is 9.26. The summed E-state index contributed by atoms with van der Waals surface area (Å²) in [6, 6.07) is 5.22. The van der Waals surface area contributed by atoms with Crippen LogP contribution in [0.5, 0.6) is 0 Å². The fourth-order valence-corrected chi connectivity index (χ4v) is 1.92. The molecule has 2 heteroatoms. The van der Waals surface area contributed by atoms with Crippen molar-refractivity contribution >= 4 is 0 Å². The maximum absolute atomic E-state index is 13.7. The molecule has 1 N–H and O–H groups in total. The van der Waals surface area contributed by atoms with Gasteiger partial charge in [-0.3, -0.25) is 0 Å². The summed E-state index contributed by atoms with van der Waals surface area (Å²) in [7, 11) is 0. The number of benzene rings is 1. The van der Waals surface area contributed by atoms with Gasteiger partial charge in [-0.05, 0) is 36.8 Å². The lowest BCUT2D eigenvalue weighted by molar-refractivity contribution is 0.146. The molecule has 0 aromatic heterocycles. The van der Waals surface area contributed by atoms with E-state index in [9.17, 15) is 9.50 Å². The van der Waals surface area contributed by atoms with Crippen LogP contribution in [0.1, 0.15) is 37.8 Å². The van der Waals surface area contributed by atoms with Gasteiger partial charge in [-0.15, -0.1) is 0 Å². The molecule has 0 saturated heterocycles. The van der Waals surface area contributed by atoms with Crippen LogP contribution in [0.25, 0.3) is 0 Å². The first-order valence-corrected chi connectivity index (χ1v) is 5.52. The number of rotatable bonds is 3. The number of hydrogen-bond acceptors (Lipinski definition) is 1. The van der Waals surface area contributed by atoms with E-state index in [-0.39, 0.29) is 5.82 Å². The monoisotopic (exact) mass is 208 g/mol. The fraction of sp³-hybridized carbons (Fsp3) is 0.538. The average molecular weight is 208 g/mol. The van der Waals surface area contributed by atoms with Crippen molar-refractivity contribution in [3.63, 3.8) is 0 Å². The van der Waals surface area contributed by atoms with Crippen molar-refractivity contribution in [2.24, 2.45) is 5.92 Å². The molecule has 0 amide bonds. The van der Waals surface area contributed by atoms with Gasteiger partial charge in [0.2, 0.25) is 0 Å². The highest BCUT2D eigenvalue weighted by molar-refractivity contribution is 5.32. The second kappa shape index (κ2) is 3.60. The lowest BCUT2D eigenvalue weighted by atomic mass is 9.99. The van der Waals surface area contributed by atoms with Crippen molar-refractivity contribution in [1.29, 1.82) is 0 Å². The molecule has 1 saturated carbocycles. The van der Waals surface area contributed by atoms with Gasteiger partial charge in [-0.1, -0.05) is 26.0 Å². The normalized spacial score (nSPS) is 18.2. The molecule has 82 valence electrons. The van der Waals surface area contributed by atoms with E-state index < -0.39 is 5.60 Å². The minimum atomic E-state index is -0.861. The van der Waals surface area contributed by atoms with Crippen LogP contribution in [0.2, 0.25) is 0 Å². The quantitative estimate of drug-likeness (QED) is 0.809. The van der Waals surface area contributed by atoms with Crippen molar-refractivity contribution in [2.75, 3.05) is 0 Å². The van der Waals surface area contributed by atoms with Crippen molar-refractivity contribution in [3.8, 4) is 0 Å². The summed E-state index contributed by atoms with van der Waals surface area (Å²) in [5.74, 6) is 0.271. The highest BCUT2D eigenvalue weighted by Crippen LogP contribution is 2.46. The highest BCUT2D eigenvalue weighted by atomic mass is 19.1. The molecule has 1 aromatic rings. The Labute approximate surface area is 89.9 Å². The molecule has 0 spiro atoms. The van der Waals surface area contributed by atoms with Gasteiger partial charge in [0, 0.05) is 5.56 Å². The molecule has 1 nitrogen and oxygen atoms in total. The van der Waals surface area contributed by atoms with Gasteiger partial charge in [0.25, 0.3) is 0 Å². The maximum atomic E-state index is 13.7. The maximum Gasteiger partial charge on any atom is 0.129 e. The molecule has 0 bridgehead atoms. The number of aliphatic hydroxyl groups is 1. The van der Waals surface area contributed by atoms with E-state index in [1.54, 1.807) is 12.1 Å².